The third kappa shape index (κ3) is 2.51. The van der Waals surface area contributed by atoms with Crippen molar-refractivity contribution in [2.45, 2.75) is 18.6 Å². The Hall–Kier alpha value is -0.180. The number of rotatable bonds is 2. The SMILES string of the molecule is CCC([S])C(=N)N. The third-order valence-electron chi connectivity index (χ3n) is 0.718. The summed E-state index contributed by atoms with van der Waals surface area (Å²) in [6, 6.07) is 0. The van der Waals surface area contributed by atoms with Crippen molar-refractivity contribution in [1.29, 1.82) is 5.41 Å². The van der Waals surface area contributed by atoms with Gasteiger partial charge in [0.05, 0.1) is 5.25 Å². The summed E-state index contributed by atoms with van der Waals surface area (Å²) in [6.45, 7) is 1.92. The normalized spacial score (nSPS) is 13.4. The van der Waals surface area contributed by atoms with E-state index in [9.17, 15) is 0 Å². The minimum absolute atomic E-state index is 0.109. The van der Waals surface area contributed by atoms with Crippen molar-refractivity contribution in [3.63, 3.8) is 0 Å². The van der Waals surface area contributed by atoms with Gasteiger partial charge in [0, 0.05) is 0 Å². The van der Waals surface area contributed by atoms with Crippen molar-refractivity contribution in [2.75, 3.05) is 0 Å². The first kappa shape index (κ1) is 6.82. The smallest absolute Gasteiger partial charge is 0.105 e. The summed E-state index contributed by atoms with van der Waals surface area (Å²) in [5.41, 5.74) is 5.03. The second kappa shape index (κ2) is 2.91. The summed E-state index contributed by atoms with van der Waals surface area (Å²) in [5, 5.41) is 6.62. The molecule has 41 valence electrons. The van der Waals surface area contributed by atoms with E-state index in [4.69, 9.17) is 23.8 Å². The molecule has 1 radical (unpaired) electrons. The number of hydrogen-bond donors (Lipinski definition) is 2. The average molecular weight is 117 g/mol. The molecular weight excluding hydrogens is 108 g/mol. The lowest BCUT2D eigenvalue weighted by Crippen LogP contribution is -2.21. The van der Waals surface area contributed by atoms with Gasteiger partial charge >= 0.3 is 0 Å². The van der Waals surface area contributed by atoms with Crippen LogP contribution in [0.4, 0.5) is 0 Å². The molecule has 2 nitrogen and oxygen atoms in total. The molecule has 3 heteroatoms. The number of amidine groups is 1. The number of hydrogen-bond acceptors (Lipinski definition) is 1. The van der Waals surface area contributed by atoms with Crippen LogP contribution in [0.3, 0.4) is 0 Å². The first-order valence-electron chi connectivity index (χ1n) is 2.18. The molecule has 0 aromatic carbocycles. The van der Waals surface area contributed by atoms with Gasteiger partial charge < -0.3 is 5.73 Å². The summed E-state index contributed by atoms with van der Waals surface area (Å²) >= 11 is 4.71. The Morgan fingerprint density at radius 1 is 2.00 bits per heavy atom. The van der Waals surface area contributed by atoms with E-state index >= 15 is 0 Å². The zero-order valence-corrected chi connectivity index (χ0v) is 5.09. The van der Waals surface area contributed by atoms with E-state index in [1.165, 1.54) is 0 Å². The minimum atomic E-state index is -0.153. The first-order chi connectivity index (χ1) is 3.18. The van der Waals surface area contributed by atoms with Gasteiger partial charge in [-0.25, -0.2) is 0 Å². The average Bonchev–Trinajstić information content (AvgIpc) is 1.65. The van der Waals surface area contributed by atoms with E-state index in [0.29, 0.717) is 0 Å². The van der Waals surface area contributed by atoms with Gasteiger partial charge in [0.1, 0.15) is 5.84 Å². The molecule has 0 rings (SSSR count). The van der Waals surface area contributed by atoms with Gasteiger partial charge in [-0.3, -0.25) is 5.41 Å². The number of nitrogens with one attached hydrogen (secondary N) is 1. The molecule has 1 atom stereocenters. The Balaban J connectivity index is 3.34. The maximum atomic E-state index is 6.77. The van der Waals surface area contributed by atoms with E-state index in [2.05, 4.69) is 0 Å². The molecule has 1 unspecified atom stereocenters. The van der Waals surface area contributed by atoms with Gasteiger partial charge in [-0.2, -0.15) is 0 Å². The molecule has 3 N–H and O–H groups in total. The Kier molecular flexibility index (Phi) is 2.83. The fraction of sp³-hybridized carbons (Fsp3) is 0.750. The van der Waals surface area contributed by atoms with Gasteiger partial charge in [0.15, 0.2) is 0 Å². The molecule has 0 aromatic rings. The molecule has 0 aromatic heterocycles. The van der Waals surface area contributed by atoms with Gasteiger partial charge in [-0.05, 0) is 6.42 Å². The largest absolute Gasteiger partial charge is 0.387 e. The highest BCUT2D eigenvalue weighted by Gasteiger charge is 2.00. The van der Waals surface area contributed by atoms with Crippen molar-refractivity contribution in [3.8, 4) is 0 Å². The maximum Gasteiger partial charge on any atom is 0.105 e. The highest BCUT2D eigenvalue weighted by molar-refractivity contribution is 7.81. The molecule has 0 heterocycles. The second-order valence-corrected chi connectivity index (χ2v) is 1.92. The molecule has 0 amide bonds. The molecule has 7 heavy (non-hydrogen) atoms. The zero-order valence-electron chi connectivity index (χ0n) is 4.27. The van der Waals surface area contributed by atoms with Crippen LogP contribution in [0.15, 0.2) is 0 Å². The highest BCUT2D eigenvalue weighted by atomic mass is 32.1. The first-order valence-corrected chi connectivity index (χ1v) is 2.65. The lowest BCUT2D eigenvalue weighted by molar-refractivity contribution is 0.999. The van der Waals surface area contributed by atoms with Gasteiger partial charge in [-0.1, -0.05) is 19.6 Å². The van der Waals surface area contributed by atoms with Crippen LogP contribution in [-0.2, 0) is 0 Å². The van der Waals surface area contributed by atoms with Crippen LogP contribution in [0, 0.1) is 5.41 Å². The molecule has 0 bridgehead atoms. The van der Waals surface area contributed by atoms with E-state index in [-0.39, 0.29) is 11.1 Å². The molecule has 0 saturated heterocycles. The molecule has 0 aliphatic heterocycles. The summed E-state index contributed by atoms with van der Waals surface area (Å²) in [6.07, 6.45) is 0.782. The van der Waals surface area contributed by atoms with E-state index in [0.717, 1.165) is 6.42 Å². The number of nitrogens with two attached hydrogens (primary N) is 1. The van der Waals surface area contributed by atoms with Crippen molar-refractivity contribution < 1.29 is 0 Å². The lowest BCUT2D eigenvalue weighted by Gasteiger charge is -1.99. The van der Waals surface area contributed by atoms with Crippen LogP contribution < -0.4 is 5.73 Å². The van der Waals surface area contributed by atoms with Crippen LogP contribution in [-0.4, -0.2) is 11.1 Å². The zero-order chi connectivity index (χ0) is 5.86. The van der Waals surface area contributed by atoms with Crippen LogP contribution in [0.1, 0.15) is 13.3 Å². The molecule has 0 saturated carbocycles. The Bertz CT molecular complexity index is 72.1. The highest BCUT2D eigenvalue weighted by Crippen LogP contribution is 1.96. The quantitative estimate of drug-likeness (QED) is 0.409. The van der Waals surface area contributed by atoms with Gasteiger partial charge in [0.25, 0.3) is 0 Å². The fourth-order valence-corrected chi connectivity index (χ4v) is 0.220. The van der Waals surface area contributed by atoms with Crippen molar-refractivity contribution in [2.24, 2.45) is 5.73 Å². The van der Waals surface area contributed by atoms with Crippen LogP contribution >= 0.6 is 12.6 Å². The standard InChI is InChI=1S/C4H9N2S/c1-2-3(7)4(5)6/h3H,2H2,1H3,(H3,5,6). The fourth-order valence-electron chi connectivity index (χ4n) is 0.220. The lowest BCUT2D eigenvalue weighted by atomic mass is 10.3. The van der Waals surface area contributed by atoms with Gasteiger partial charge in [0.2, 0.25) is 0 Å². The molecule has 0 aliphatic rings. The summed E-state index contributed by atoms with van der Waals surface area (Å²) < 4.78 is 0. The summed E-state index contributed by atoms with van der Waals surface area (Å²) in [5.74, 6) is 0.109. The van der Waals surface area contributed by atoms with Crippen molar-refractivity contribution in [3.05, 3.63) is 0 Å². The second-order valence-electron chi connectivity index (χ2n) is 1.35. The van der Waals surface area contributed by atoms with Crippen LogP contribution in [0.5, 0.6) is 0 Å². The molecule has 0 fully saturated rings. The van der Waals surface area contributed by atoms with E-state index in [1.807, 2.05) is 6.92 Å². The maximum absolute atomic E-state index is 6.77. The van der Waals surface area contributed by atoms with E-state index < -0.39 is 0 Å². The van der Waals surface area contributed by atoms with Crippen molar-refractivity contribution in [1.82, 2.24) is 0 Å². The third-order valence-corrected chi connectivity index (χ3v) is 1.30. The summed E-state index contributed by atoms with van der Waals surface area (Å²) in [7, 11) is 0. The van der Waals surface area contributed by atoms with Gasteiger partial charge in [-0.15, -0.1) is 0 Å². The Labute approximate surface area is 49.0 Å². The Morgan fingerprint density at radius 3 is 2.43 bits per heavy atom. The molecule has 0 aliphatic carbocycles. The Morgan fingerprint density at radius 2 is 2.43 bits per heavy atom. The topological polar surface area (TPSA) is 49.9 Å². The van der Waals surface area contributed by atoms with Crippen molar-refractivity contribution >= 4 is 18.5 Å². The van der Waals surface area contributed by atoms with Crippen LogP contribution in [0.25, 0.3) is 0 Å². The van der Waals surface area contributed by atoms with Crippen LogP contribution in [0.2, 0.25) is 0 Å². The molecule has 0 spiro atoms. The minimum Gasteiger partial charge on any atom is -0.387 e. The molecular formula is C4H9N2S. The van der Waals surface area contributed by atoms with E-state index in [1.54, 1.807) is 0 Å². The summed E-state index contributed by atoms with van der Waals surface area (Å²) in [4.78, 5) is 0. The predicted molar refractivity (Wildman–Crippen MR) is 33.6 cm³/mol. The predicted octanol–water partition coefficient (Wildman–Crippen LogP) is 0.898. The monoisotopic (exact) mass is 117 g/mol.